The molecule has 0 spiro atoms. The van der Waals surface area contributed by atoms with Gasteiger partial charge in [-0.15, -0.1) is 0 Å². The predicted octanol–water partition coefficient (Wildman–Crippen LogP) is 2.83. The molecule has 0 radical (unpaired) electrons. The van der Waals surface area contributed by atoms with Crippen LogP contribution in [-0.2, 0) is 11.2 Å². The van der Waals surface area contributed by atoms with Gasteiger partial charge in [-0.05, 0) is 48.7 Å². The Morgan fingerprint density at radius 1 is 1.30 bits per heavy atom. The summed E-state index contributed by atoms with van der Waals surface area (Å²) in [6, 6.07) is 13.1. The van der Waals surface area contributed by atoms with E-state index in [0.29, 0.717) is 17.7 Å². The van der Waals surface area contributed by atoms with Gasteiger partial charge in [0.05, 0.1) is 30.5 Å². The van der Waals surface area contributed by atoms with Gasteiger partial charge in [-0.2, -0.15) is 10.4 Å². The van der Waals surface area contributed by atoms with E-state index in [-0.39, 0.29) is 5.97 Å². The second-order valence-electron chi connectivity index (χ2n) is 6.56. The van der Waals surface area contributed by atoms with Crippen LogP contribution in [-0.4, -0.2) is 37.2 Å². The molecular formula is C22H22N6O2. The summed E-state index contributed by atoms with van der Waals surface area (Å²) in [5.74, 6) is -0.344. The molecule has 0 saturated carbocycles. The monoisotopic (exact) mass is 402 g/mol. The second-order valence-corrected chi connectivity index (χ2v) is 6.56. The first-order chi connectivity index (χ1) is 14.6. The number of nitriles is 1. The molecule has 0 aliphatic rings. The molecule has 3 aromatic rings. The number of esters is 1. The Morgan fingerprint density at radius 2 is 2.10 bits per heavy atom. The largest absolute Gasteiger partial charge is 0.465 e. The van der Waals surface area contributed by atoms with Gasteiger partial charge in [-0.1, -0.05) is 12.1 Å². The molecule has 0 unspecified atom stereocenters. The van der Waals surface area contributed by atoms with Gasteiger partial charge in [0.25, 0.3) is 0 Å². The van der Waals surface area contributed by atoms with Crippen molar-refractivity contribution in [2.75, 3.05) is 13.7 Å². The van der Waals surface area contributed by atoms with Gasteiger partial charge in [0.2, 0.25) is 0 Å². The maximum Gasteiger partial charge on any atom is 0.337 e. The number of hydrazone groups is 1. The number of hydrogen-bond acceptors (Lipinski definition) is 6. The molecule has 0 bridgehead atoms. The molecule has 30 heavy (non-hydrogen) atoms. The van der Waals surface area contributed by atoms with Crippen LogP contribution < -0.4 is 11.0 Å². The van der Waals surface area contributed by atoms with E-state index in [1.165, 1.54) is 13.4 Å². The topological polar surface area (TPSA) is 115 Å². The van der Waals surface area contributed by atoms with E-state index < -0.39 is 0 Å². The number of H-pyrrole nitrogens is 1. The van der Waals surface area contributed by atoms with Crippen LogP contribution in [0.5, 0.6) is 0 Å². The smallest absolute Gasteiger partial charge is 0.337 e. The average molecular weight is 402 g/mol. The molecule has 0 aliphatic heterocycles. The van der Waals surface area contributed by atoms with E-state index in [1.54, 1.807) is 18.3 Å². The number of hydrogen-bond donors (Lipinski definition) is 3. The summed E-state index contributed by atoms with van der Waals surface area (Å²) < 4.78 is 4.68. The maximum absolute atomic E-state index is 11.4. The Kier molecular flexibility index (Phi) is 6.79. The molecule has 152 valence electrons. The number of hydrazine groups is 1. The fourth-order valence-corrected chi connectivity index (χ4v) is 3.00. The summed E-state index contributed by atoms with van der Waals surface area (Å²) in [5.41, 5.74) is 10.6. The van der Waals surface area contributed by atoms with Crippen LogP contribution in [0, 0.1) is 18.3 Å². The number of aromatic nitrogens is 1. The first-order valence-electron chi connectivity index (χ1n) is 9.33. The molecular weight excluding hydrogens is 380 g/mol. The number of aryl methyl sites for hydroxylation is 1. The van der Waals surface area contributed by atoms with Crippen molar-refractivity contribution < 1.29 is 9.53 Å². The third-order valence-electron chi connectivity index (χ3n) is 4.54. The van der Waals surface area contributed by atoms with Crippen LogP contribution in [0.1, 0.15) is 32.6 Å². The molecule has 2 aromatic carbocycles. The van der Waals surface area contributed by atoms with Crippen LogP contribution in [0.25, 0.3) is 10.9 Å². The van der Waals surface area contributed by atoms with E-state index in [2.05, 4.69) is 36.8 Å². The maximum atomic E-state index is 11.4. The van der Waals surface area contributed by atoms with Crippen molar-refractivity contribution in [1.82, 2.24) is 15.9 Å². The molecule has 3 rings (SSSR count). The molecule has 1 aromatic heterocycles. The Labute approximate surface area is 174 Å². The fourth-order valence-electron chi connectivity index (χ4n) is 3.00. The van der Waals surface area contributed by atoms with Crippen molar-refractivity contribution in [3.63, 3.8) is 0 Å². The highest BCUT2D eigenvalue weighted by Gasteiger charge is 2.06. The highest BCUT2D eigenvalue weighted by Crippen LogP contribution is 2.22. The van der Waals surface area contributed by atoms with Gasteiger partial charge in [0.15, 0.2) is 0 Å². The minimum atomic E-state index is -0.344. The van der Waals surface area contributed by atoms with Crippen molar-refractivity contribution in [3.05, 3.63) is 70.4 Å². The third kappa shape index (κ3) is 5.02. The number of benzene rings is 2. The Hall–Kier alpha value is -4.12. The Morgan fingerprint density at radius 3 is 2.83 bits per heavy atom. The number of ether oxygens (including phenoxy) is 1. The molecule has 8 nitrogen and oxygen atoms in total. The van der Waals surface area contributed by atoms with E-state index in [1.807, 2.05) is 37.4 Å². The van der Waals surface area contributed by atoms with Crippen molar-refractivity contribution >= 4 is 29.4 Å². The van der Waals surface area contributed by atoms with Gasteiger partial charge in [0.1, 0.15) is 6.34 Å². The summed E-state index contributed by atoms with van der Waals surface area (Å²) in [5, 5.41) is 14.2. The molecule has 1 heterocycles. The third-order valence-corrected chi connectivity index (χ3v) is 4.54. The predicted molar refractivity (Wildman–Crippen MR) is 116 cm³/mol. The van der Waals surface area contributed by atoms with Crippen molar-refractivity contribution in [2.45, 2.75) is 13.3 Å². The molecule has 0 aliphatic carbocycles. The van der Waals surface area contributed by atoms with Gasteiger partial charge in [-0.25, -0.2) is 10.3 Å². The molecule has 0 atom stereocenters. The normalized spacial score (nSPS) is 11.1. The summed E-state index contributed by atoms with van der Waals surface area (Å²) in [6.07, 6.45) is 5.80. The quantitative estimate of drug-likeness (QED) is 0.176. The number of nitrogens with one attached hydrogen (secondary N) is 3. The number of carbonyl (C=O) groups is 1. The van der Waals surface area contributed by atoms with Crippen LogP contribution >= 0.6 is 0 Å². The Bertz CT molecular complexity index is 1120. The number of methoxy groups -OCH3 is 1. The standard InChI is InChI=1S/C22H22N6O2/c1-15-9-17(11-23)10-20-19(12-25-21(15)20)13-26-28-27-14-24-8-7-16-3-5-18(6-4-16)22(29)30-2/h3-6,9-10,12-14,25,28H,7-8H2,1-2H3,(H,24,27)/b26-13+. The SMILES string of the molecule is COC(=O)c1ccc(CCN=CNN/N=C/c2c[nH]c3c(C)cc(C#N)cc23)cc1. The van der Waals surface area contributed by atoms with Crippen molar-refractivity contribution in [2.24, 2.45) is 10.1 Å². The summed E-state index contributed by atoms with van der Waals surface area (Å²) in [6.45, 7) is 2.55. The minimum absolute atomic E-state index is 0.344. The van der Waals surface area contributed by atoms with Crippen LogP contribution in [0.2, 0.25) is 0 Å². The van der Waals surface area contributed by atoms with Gasteiger partial charge < -0.3 is 9.72 Å². The minimum Gasteiger partial charge on any atom is -0.465 e. The van der Waals surface area contributed by atoms with Gasteiger partial charge >= 0.3 is 5.97 Å². The summed E-state index contributed by atoms with van der Waals surface area (Å²) in [4.78, 5) is 18.9. The molecule has 0 saturated heterocycles. The van der Waals surface area contributed by atoms with Crippen molar-refractivity contribution in [1.29, 1.82) is 5.26 Å². The number of carbonyl (C=O) groups excluding carboxylic acids is 1. The van der Waals surface area contributed by atoms with Gasteiger partial charge in [0, 0.05) is 29.2 Å². The Balaban J connectivity index is 1.45. The number of aromatic amines is 1. The number of fused-ring (bicyclic) bond motifs is 1. The first-order valence-corrected chi connectivity index (χ1v) is 9.33. The van der Waals surface area contributed by atoms with E-state index in [9.17, 15) is 4.79 Å². The molecule has 0 amide bonds. The lowest BCUT2D eigenvalue weighted by atomic mass is 10.1. The van der Waals surface area contributed by atoms with Crippen molar-refractivity contribution in [3.8, 4) is 6.07 Å². The highest BCUT2D eigenvalue weighted by molar-refractivity contribution is 6.00. The fraction of sp³-hybridized carbons (Fsp3) is 0.182. The molecule has 0 fully saturated rings. The number of rotatable bonds is 8. The van der Waals surface area contributed by atoms with Crippen LogP contribution in [0.3, 0.4) is 0 Å². The van der Waals surface area contributed by atoms with Gasteiger partial charge in [-0.3, -0.25) is 10.4 Å². The average Bonchev–Trinajstić information content (AvgIpc) is 3.18. The van der Waals surface area contributed by atoms with E-state index in [0.717, 1.165) is 34.0 Å². The molecule has 3 N–H and O–H groups in total. The summed E-state index contributed by atoms with van der Waals surface area (Å²) >= 11 is 0. The lowest BCUT2D eigenvalue weighted by Crippen LogP contribution is -2.25. The molecule has 8 heteroatoms. The van der Waals surface area contributed by atoms with Crippen LogP contribution in [0.15, 0.2) is 52.7 Å². The zero-order valence-corrected chi connectivity index (χ0v) is 16.8. The number of nitrogens with zero attached hydrogens (tertiary/aromatic N) is 3. The van der Waals surface area contributed by atoms with E-state index >= 15 is 0 Å². The summed E-state index contributed by atoms with van der Waals surface area (Å²) in [7, 11) is 1.36. The second kappa shape index (κ2) is 9.89. The van der Waals surface area contributed by atoms with E-state index in [4.69, 9.17) is 5.26 Å². The first kappa shape index (κ1) is 20.6. The zero-order chi connectivity index (χ0) is 21.3. The highest BCUT2D eigenvalue weighted by atomic mass is 16.5. The lowest BCUT2D eigenvalue weighted by molar-refractivity contribution is 0.0600. The van der Waals surface area contributed by atoms with Crippen LogP contribution in [0.4, 0.5) is 0 Å². The lowest BCUT2D eigenvalue weighted by Gasteiger charge is -2.02. The zero-order valence-electron chi connectivity index (χ0n) is 16.8. The number of aliphatic imine (C=N–C) groups is 1.